The molecule has 1 aliphatic heterocycles. The lowest BCUT2D eigenvalue weighted by molar-refractivity contribution is -0.137. The van der Waals surface area contributed by atoms with Crippen LogP contribution >= 0.6 is 0 Å². The van der Waals surface area contributed by atoms with Gasteiger partial charge in [-0.15, -0.1) is 0 Å². The molecular weight excluding hydrogens is 422 g/mol. The summed E-state index contributed by atoms with van der Waals surface area (Å²) in [7, 11) is 0. The van der Waals surface area contributed by atoms with Gasteiger partial charge in [-0.3, -0.25) is 4.79 Å². The number of nitrogens with zero attached hydrogens (tertiary/aromatic N) is 3. The van der Waals surface area contributed by atoms with E-state index in [1.54, 1.807) is 0 Å². The molecule has 1 atom stereocenters. The summed E-state index contributed by atoms with van der Waals surface area (Å²) in [6.45, 7) is 1.97. The zero-order valence-electron chi connectivity index (χ0n) is 19.7. The fourth-order valence-electron chi connectivity index (χ4n) is 5.16. The van der Waals surface area contributed by atoms with E-state index < -0.39 is 5.97 Å². The van der Waals surface area contributed by atoms with E-state index >= 15 is 0 Å². The first-order chi connectivity index (χ1) is 16.7. The highest BCUT2D eigenvalue weighted by Crippen LogP contribution is 2.49. The molecule has 2 aliphatic rings. The van der Waals surface area contributed by atoms with Gasteiger partial charge >= 0.3 is 5.97 Å². The minimum Gasteiger partial charge on any atom is -0.481 e. The number of unbranched alkanes of at least 4 members (excludes halogenated alkanes) is 3. The van der Waals surface area contributed by atoms with Gasteiger partial charge in [0.1, 0.15) is 0 Å². The van der Waals surface area contributed by atoms with E-state index in [0.717, 1.165) is 79.4 Å². The highest BCUT2D eigenvalue weighted by Gasteiger charge is 2.39. The van der Waals surface area contributed by atoms with E-state index in [1.165, 1.54) is 18.5 Å². The molecular formula is C29H33N3O2. The fraction of sp³-hybridized carbons (Fsp3) is 0.414. The molecule has 5 heteroatoms. The highest BCUT2D eigenvalue weighted by atomic mass is 16.4. The van der Waals surface area contributed by atoms with E-state index in [9.17, 15) is 4.79 Å². The first-order valence-corrected chi connectivity index (χ1v) is 12.7. The number of fused-ring (bicyclic) bond motifs is 1. The van der Waals surface area contributed by atoms with Crippen molar-refractivity contribution in [3.05, 3.63) is 66.4 Å². The van der Waals surface area contributed by atoms with Crippen molar-refractivity contribution >= 4 is 11.8 Å². The number of anilines is 1. The predicted molar refractivity (Wildman–Crippen MR) is 136 cm³/mol. The van der Waals surface area contributed by atoms with Crippen molar-refractivity contribution in [3.63, 3.8) is 0 Å². The molecule has 1 aliphatic carbocycles. The third-order valence-electron chi connectivity index (χ3n) is 7.12. The third-order valence-corrected chi connectivity index (χ3v) is 7.12. The molecule has 5 rings (SSSR count). The standard InChI is InChI=1S/C29H33N3O2/c33-25(34)15-9-1-2-10-19-32-20-18-24(21-16-17-21)28-29(32)31-27(23-13-7-4-8-14-23)26(30-28)22-11-5-3-6-12-22/h3-8,11-14,21,24H,1-2,9-10,15-20H2,(H,33,34). The molecule has 0 radical (unpaired) electrons. The molecule has 1 N–H and O–H groups in total. The monoisotopic (exact) mass is 455 g/mol. The van der Waals surface area contributed by atoms with Gasteiger partial charge in [-0.1, -0.05) is 73.5 Å². The van der Waals surface area contributed by atoms with Gasteiger partial charge in [-0.25, -0.2) is 9.97 Å². The Labute approximate surface area is 201 Å². The number of hydrogen-bond donors (Lipinski definition) is 1. The van der Waals surface area contributed by atoms with Gasteiger partial charge in [-0.2, -0.15) is 0 Å². The minimum absolute atomic E-state index is 0.268. The van der Waals surface area contributed by atoms with Gasteiger partial charge < -0.3 is 10.0 Å². The smallest absolute Gasteiger partial charge is 0.303 e. The number of aliphatic carboxylic acids is 1. The van der Waals surface area contributed by atoms with Gasteiger partial charge in [0.25, 0.3) is 0 Å². The minimum atomic E-state index is -0.700. The quantitative estimate of drug-likeness (QED) is 0.351. The van der Waals surface area contributed by atoms with Crippen LogP contribution in [0.3, 0.4) is 0 Å². The number of carbonyl (C=O) groups is 1. The molecule has 0 bridgehead atoms. The molecule has 5 nitrogen and oxygen atoms in total. The zero-order valence-corrected chi connectivity index (χ0v) is 19.7. The normalized spacial score (nSPS) is 17.4. The Morgan fingerprint density at radius 3 is 2.06 bits per heavy atom. The van der Waals surface area contributed by atoms with Crippen molar-refractivity contribution in [2.45, 2.75) is 57.3 Å². The molecule has 0 spiro atoms. The fourth-order valence-corrected chi connectivity index (χ4v) is 5.16. The first-order valence-electron chi connectivity index (χ1n) is 12.7. The van der Waals surface area contributed by atoms with E-state index in [1.807, 2.05) is 12.1 Å². The number of rotatable bonds is 10. The van der Waals surface area contributed by atoms with E-state index in [2.05, 4.69) is 53.4 Å². The Balaban J connectivity index is 1.47. The lowest BCUT2D eigenvalue weighted by Crippen LogP contribution is -2.34. The Bertz CT molecular complexity index is 1110. The molecule has 34 heavy (non-hydrogen) atoms. The van der Waals surface area contributed by atoms with Crippen LogP contribution in [0.25, 0.3) is 22.5 Å². The van der Waals surface area contributed by atoms with Crippen molar-refractivity contribution in [2.75, 3.05) is 18.0 Å². The van der Waals surface area contributed by atoms with Crippen molar-refractivity contribution in [3.8, 4) is 22.5 Å². The van der Waals surface area contributed by atoms with Crippen LogP contribution in [0.4, 0.5) is 5.82 Å². The number of aromatic nitrogens is 2. The predicted octanol–water partition coefficient (Wildman–Crippen LogP) is 6.55. The van der Waals surface area contributed by atoms with E-state index in [4.69, 9.17) is 15.1 Å². The number of hydrogen-bond acceptors (Lipinski definition) is 4. The van der Waals surface area contributed by atoms with Crippen LogP contribution in [-0.4, -0.2) is 34.1 Å². The Morgan fingerprint density at radius 1 is 0.824 bits per heavy atom. The summed E-state index contributed by atoms with van der Waals surface area (Å²) in [5.41, 5.74) is 5.32. The molecule has 1 unspecified atom stereocenters. The topological polar surface area (TPSA) is 66.3 Å². The number of benzene rings is 2. The van der Waals surface area contributed by atoms with Crippen molar-refractivity contribution in [1.29, 1.82) is 0 Å². The van der Waals surface area contributed by atoms with Crippen LogP contribution in [-0.2, 0) is 4.79 Å². The summed E-state index contributed by atoms with van der Waals surface area (Å²) in [4.78, 5) is 23.9. The van der Waals surface area contributed by atoms with Gasteiger partial charge in [0.05, 0.1) is 17.1 Å². The number of carboxylic acid groups (broad SMARTS) is 1. The largest absolute Gasteiger partial charge is 0.481 e. The van der Waals surface area contributed by atoms with Crippen molar-refractivity contribution in [1.82, 2.24) is 9.97 Å². The second-order valence-corrected chi connectivity index (χ2v) is 9.64. The third kappa shape index (κ3) is 5.14. The average molecular weight is 456 g/mol. The van der Waals surface area contributed by atoms with Gasteiger partial charge in [0.2, 0.25) is 0 Å². The SMILES string of the molecule is O=C(O)CCCCCCN1CCC(C2CC2)c2nc(-c3ccccc3)c(-c3ccccc3)nc21. The lowest BCUT2D eigenvalue weighted by atomic mass is 9.90. The second kappa shape index (κ2) is 10.4. The van der Waals surface area contributed by atoms with Gasteiger partial charge in [0.15, 0.2) is 5.82 Å². The van der Waals surface area contributed by atoms with Crippen LogP contribution in [0.15, 0.2) is 60.7 Å². The maximum atomic E-state index is 10.8. The first kappa shape index (κ1) is 22.6. The van der Waals surface area contributed by atoms with E-state index in [-0.39, 0.29) is 6.42 Å². The van der Waals surface area contributed by atoms with Crippen LogP contribution in [0.1, 0.15) is 63.0 Å². The number of carboxylic acids is 1. The second-order valence-electron chi connectivity index (χ2n) is 9.64. The molecule has 2 heterocycles. The summed E-state index contributed by atoms with van der Waals surface area (Å²) in [5, 5.41) is 8.86. The Morgan fingerprint density at radius 2 is 1.44 bits per heavy atom. The Hall–Kier alpha value is -3.21. The highest BCUT2D eigenvalue weighted by molar-refractivity contribution is 5.79. The molecule has 1 saturated carbocycles. The molecule has 0 amide bonds. The summed E-state index contributed by atoms with van der Waals surface area (Å²) in [5.74, 6) is 1.61. The van der Waals surface area contributed by atoms with Crippen LogP contribution in [0.5, 0.6) is 0 Å². The zero-order chi connectivity index (χ0) is 23.3. The van der Waals surface area contributed by atoms with Crippen LogP contribution < -0.4 is 4.90 Å². The lowest BCUT2D eigenvalue weighted by Gasteiger charge is -2.35. The molecule has 1 fully saturated rings. The summed E-state index contributed by atoms with van der Waals surface area (Å²) in [6, 6.07) is 20.9. The van der Waals surface area contributed by atoms with Crippen molar-refractivity contribution < 1.29 is 9.90 Å². The van der Waals surface area contributed by atoms with Gasteiger partial charge in [0, 0.05) is 36.6 Å². The maximum Gasteiger partial charge on any atom is 0.303 e. The molecule has 176 valence electrons. The molecule has 1 aromatic heterocycles. The molecule has 0 saturated heterocycles. The summed E-state index contributed by atoms with van der Waals surface area (Å²) < 4.78 is 0. The Kier molecular flexibility index (Phi) is 6.89. The summed E-state index contributed by atoms with van der Waals surface area (Å²) in [6.07, 6.45) is 7.84. The van der Waals surface area contributed by atoms with E-state index in [0.29, 0.717) is 5.92 Å². The summed E-state index contributed by atoms with van der Waals surface area (Å²) >= 11 is 0. The molecule has 2 aromatic carbocycles. The van der Waals surface area contributed by atoms with Crippen LogP contribution in [0.2, 0.25) is 0 Å². The van der Waals surface area contributed by atoms with Crippen molar-refractivity contribution in [2.24, 2.45) is 5.92 Å². The van der Waals surface area contributed by atoms with Gasteiger partial charge in [-0.05, 0) is 38.0 Å². The molecule has 3 aromatic rings. The maximum absolute atomic E-state index is 10.8. The van der Waals surface area contributed by atoms with Crippen LogP contribution in [0, 0.1) is 5.92 Å². The average Bonchev–Trinajstić information content (AvgIpc) is 3.71.